The second-order valence-corrected chi connectivity index (χ2v) is 6.78. The van der Waals surface area contributed by atoms with Gasteiger partial charge in [-0.05, 0) is 49.9 Å². The molecule has 24 heavy (non-hydrogen) atoms. The molecule has 1 aliphatic rings. The molecule has 1 unspecified atom stereocenters. The third kappa shape index (κ3) is 2.50. The van der Waals surface area contributed by atoms with Crippen molar-refractivity contribution in [3.05, 3.63) is 70.9 Å². The zero-order chi connectivity index (χ0) is 16.7. The van der Waals surface area contributed by atoms with Gasteiger partial charge in [-0.1, -0.05) is 35.9 Å². The molecule has 0 aliphatic heterocycles. The molecule has 3 heteroatoms. The molecule has 0 saturated carbocycles. The molecule has 0 saturated heterocycles. The number of carbonyl (C=O) groups is 1. The van der Waals surface area contributed by atoms with Crippen LogP contribution in [0.15, 0.2) is 48.5 Å². The van der Waals surface area contributed by atoms with Crippen LogP contribution in [0.5, 0.6) is 0 Å². The Kier molecular flexibility index (Phi) is 3.64. The first-order valence-electron chi connectivity index (χ1n) is 8.56. The Morgan fingerprint density at radius 3 is 2.67 bits per heavy atom. The van der Waals surface area contributed by atoms with Crippen molar-refractivity contribution in [1.82, 2.24) is 9.88 Å². The normalized spacial score (nSPS) is 16.8. The highest BCUT2D eigenvalue weighted by atomic mass is 16.1. The van der Waals surface area contributed by atoms with E-state index in [1.807, 2.05) is 31.2 Å². The summed E-state index contributed by atoms with van der Waals surface area (Å²) in [5, 5.41) is 4.54. The van der Waals surface area contributed by atoms with Crippen molar-refractivity contribution >= 4 is 16.8 Å². The molecule has 3 nitrogen and oxygen atoms in total. The number of nitrogens with one attached hydrogen (secondary N) is 1. The Balaban J connectivity index is 1.57. The SMILES string of the molecule is Cc1ccc(C(=O)NC2CCc3c(c4ccccc4n3C)C2)cc1. The standard InChI is InChI=1S/C21H22N2O/c1-14-7-9-15(10-8-14)21(24)22-16-11-12-20-18(13-16)17-5-3-4-6-19(17)23(20)2/h3-10,16H,11-13H2,1-2H3,(H,22,24). The fourth-order valence-corrected chi connectivity index (χ4v) is 3.83. The lowest BCUT2D eigenvalue weighted by Crippen LogP contribution is -2.38. The van der Waals surface area contributed by atoms with Crippen molar-refractivity contribution in [3.63, 3.8) is 0 Å². The van der Waals surface area contributed by atoms with Crippen LogP contribution in [0.3, 0.4) is 0 Å². The van der Waals surface area contributed by atoms with Gasteiger partial charge in [0.25, 0.3) is 5.91 Å². The Hall–Kier alpha value is -2.55. The summed E-state index contributed by atoms with van der Waals surface area (Å²) in [4.78, 5) is 12.5. The van der Waals surface area contributed by atoms with Crippen molar-refractivity contribution in [2.45, 2.75) is 32.2 Å². The number of para-hydroxylation sites is 1. The minimum atomic E-state index is 0.0312. The van der Waals surface area contributed by atoms with E-state index >= 15 is 0 Å². The lowest BCUT2D eigenvalue weighted by Gasteiger charge is -2.24. The van der Waals surface area contributed by atoms with Gasteiger partial charge in [-0.2, -0.15) is 0 Å². The Bertz CT molecular complexity index is 905. The number of aromatic nitrogens is 1. The zero-order valence-corrected chi connectivity index (χ0v) is 14.2. The molecule has 1 atom stereocenters. The third-order valence-electron chi connectivity index (χ3n) is 5.17. The molecule has 1 aliphatic carbocycles. The number of carbonyl (C=O) groups excluding carboxylic acids is 1. The summed E-state index contributed by atoms with van der Waals surface area (Å²) in [6.07, 6.45) is 2.92. The van der Waals surface area contributed by atoms with E-state index in [1.165, 1.54) is 27.7 Å². The van der Waals surface area contributed by atoms with Crippen LogP contribution in [0.25, 0.3) is 10.9 Å². The molecular formula is C21H22N2O. The summed E-state index contributed by atoms with van der Waals surface area (Å²) in [7, 11) is 2.15. The van der Waals surface area contributed by atoms with Gasteiger partial charge in [0, 0.05) is 35.2 Å². The highest BCUT2D eigenvalue weighted by Gasteiger charge is 2.25. The van der Waals surface area contributed by atoms with Crippen LogP contribution in [-0.2, 0) is 19.9 Å². The summed E-state index contributed by atoms with van der Waals surface area (Å²) in [5.74, 6) is 0.0312. The minimum Gasteiger partial charge on any atom is -0.349 e. The topological polar surface area (TPSA) is 34.0 Å². The quantitative estimate of drug-likeness (QED) is 0.767. The molecule has 0 fully saturated rings. The monoisotopic (exact) mass is 318 g/mol. The Morgan fingerprint density at radius 2 is 1.88 bits per heavy atom. The molecule has 4 rings (SSSR count). The summed E-state index contributed by atoms with van der Waals surface area (Å²) in [6, 6.07) is 16.5. The van der Waals surface area contributed by atoms with E-state index in [0.29, 0.717) is 0 Å². The molecule has 122 valence electrons. The predicted molar refractivity (Wildman–Crippen MR) is 97.4 cm³/mol. The first kappa shape index (κ1) is 15.0. The van der Waals surface area contributed by atoms with Gasteiger partial charge in [0.15, 0.2) is 0 Å². The van der Waals surface area contributed by atoms with Crippen molar-refractivity contribution < 1.29 is 4.79 Å². The van der Waals surface area contributed by atoms with Crippen LogP contribution in [-0.4, -0.2) is 16.5 Å². The molecule has 0 spiro atoms. The molecule has 1 aromatic heterocycles. The lowest BCUT2D eigenvalue weighted by atomic mass is 9.91. The van der Waals surface area contributed by atoms with Crippen LogP contribution >= 0.6 is 0 Å². The highest BCUT2D eigenvalue weighted by molar-refractivity contribution is 5.94. The van der Waals surface area contributed by atoms with Gasteiger partial charge in [-0.3, -0.25) is 4.79 Å². The second kappa shape index (κ2) is 5.82. The smallest absolute Gasteiger partial charge is 0.251 e. The van der Waals surface area contributed by atoms with Gasteiger partial charge in [-0.25, -0.2) is 0 Å². The largest absolute Gasteiger partial charge is 0.349 e. The van der Waals surface area contributed by atoms with Gasteiger partial charge in [-0.15, -0.1) is 0 Å². The first-order valence-corrected chi connectivity index (χ1v) is 8.56. The number of fused-ring (bicyclic) bond motifs is 3. The number of amides is 1. The van der Waals surface area contributed by atoms with Gasteiger partial charge in [0.2, 0.25) is 0 Å². The van der Waals surface area contributed by atoms with E-state index < -0.39 is 0 Å². The van der Waals surface area contributed by atoms with Crippen molar-refractivity contribution in [2.24, 2.45) is 7.05 Å². The van der Waals surface area contributed by atoms with Crippen LogP contribution in [0, 0.1) is 6.92 Å². The van der Waals surface area contributed by atoms with Crippen molar-refractivity contribution in [3.8, 4) is 0 Å². The Labute approximate surface area is 142 Å². The number of hydrogen-bond donors (Lipinski definition) is 1. The molecule has 0 radical (unpaired) electrons. The summed E-state index contributed by atoms with van der Waals surface area (Å²) < 4.78 is 2.31. The second-order valence-electron chi connectivity index (χ2n) is 6.78. The molecule has 1 heterocycles. The fraction of sp³-hybridized carbons (Fsp3) is 0.286. The van der Waals surface area contributed by atoms with Gasteiger partial charge >= 0.3 is 0 Å². The maximum Gasteiger partial charge on any atom is 0.251 e. The number of benzene rings is 2. The lowest BCUT2D eigenvalue weighted by molar-refractivity contribution is 0.0933. The molecule has 0 bridgehead atoms. The van der Waals surface area contributed by atoms with Crippen molar-refractivity contribution in [2.75, 3.05) is 0 Å². The average molecular weight is 318 g/mol. The van der Waals surface area contributed by atoms with Gasteiger partial charge in [0.1, 0.15) is 0 Å². The van der Waals surface area contributed by atoms with Crippen LogP contribution in [0.1, 0.15) is 33.6 Å². The van der Waals surface area contributed by atoms with Crippen LogP contribution < -0.4 is 5.32 Å². The number of aryl methyl sites for hydroxylation is 2. The summed E-state index contributed by atoms with van der Waals surface area (Å²) in [6.45, 7) is 2.03. The molecule has 1 N–H and O–H groups in total. The van der Waals surface area contributed by atoms with Gasteiger partial charge in [0.05, 0.1) is 0 Å². The maximum atomic E-state index is 12.5. The van der Waals surface area contributed by atoms with E-state index in [-0.39, 0.29) is 11.9 Å². The van der Waals surface area contributed by atoms with E-state index in [0.717, 1.165) is 24.8 Å². The highest BCUT2D eigenvalue weighted by Crippen LogP contribution is 2.31. The van der Waals surface area contributed by atoms with Gasteiger partial charge < -0.3 is 9.88 Å². The average Bonchev–Trinajstić information content (AvgIpc) is 2.88. The molecule has 2 aromatic carbocycles. The van der Waals surface area contributed by atoms with Crippen molar-refractivity contribution in [1.29, 1.82) is 0 Å². The van der Waals surface area contributed by atoms with E-state index in [4.69, 9.17) is 0 Å². The molecule has 1 amide bonds. The fourth-order valence-electron chi connectivity index (χ4n) is 3.83. The minimum absolute atomic E-state index is 0.0312. The van der Waals surface area contributed by atoms with E-state index in [1.54, 1.807) is 0 Å². The number of hydrogen-bond acceptors (Lipinski definition) is 1. The van der Waals surface area contributed by atoms with E-state index in [2.05, 4.69) is 41.2 Å². The third-order valence-corrected chi connectivity index (χ3v) is 5.17. The molecule has 3 aromatic rings. The van der Waals surface area contributed by atoms with E-state index in [9.17, 15) is 4.79 Å². The predicted octanol–water partition coefficient (Wildman–Crippen LogP) is 3.77. The zero-order valence-electron chi connectivity index (χ0n) is 14.2. The first-order chi connectivity index (χ1) is 11.6. The molecular weight excluding hydrogens is 296 g/mol. The number of nitrogens with zero attached hydrogens (tertiary/aromatic N) is 1. The van der Waals surface area contributed by atoms with Crippen LogP contribution in [0.2, 0.25) is 0 Å². The number of rotatable bonds is 2. The Morgan fingerprint density at radius 1 is 1.12 bits per heavy atom. The van der Waals surface area contributed by atoms with Crippen LogP contribution in [0.4, 0.5) is 0 Å². The maximum absolute atomic E-state index is 12.5. The summed E-state index contributed by atoms with van der Waals surface area (Å²) in [5.41, 5.74) is 6.01. The summed E-state index contributed by atoms with van der Waals surface area (Å²) >= 11 is 0.